The summed E-state index contributed by atoms with van der Waals surface area (Å²) in [4.78, 5) is 33.2. The van der Waals surface area contributed by atoms with Gasteiger partial charge in [-0.3, -0.25) is 9.59 Å². The van der Waals surface area contributed by atoms with E-state index in [2.05, 4.69) is 22.2 Å². The van der Waals surface area contributed by atoms with Crippen molar-refractivity contribution in [2.24, 2.45) is 0 Å². The highest BCUT2D eigenvalue weighted by Gasteiger charge is 2.24. The third kappa shape index (κ3) is 5.67. The lowest BCUT2D eigenvalue weighted by molar-refractivity contribution is -0.116. The van der Waals surface area contributed by atoms with E-state index in [1.807, 2.05) is 53.4 Å². The Morgan fingerprint density at radius 2 is 1.77 bits per heavy atom. The molecule has 0 bridgehead atoms. The lowest BCUT2D eigenvalue weighted by Gasteiger charge is -2.32. The molecule has 0 radical (unpaired) electrons. The van der Waals surface area contributed by atoms with E-state index in [1.165, 1.54) is 0 Å². The number of hydrogen-bond acceptors (Lipinski definition) is 5. The van der Waals surface area contributed by atoms with Gasteiger partial charge in [0, 0.05) is 61.0 Å². The Morgan fingerprint density at radius 3 is 2.55 bits per heavy atom. The predicted octanol–water partition coefficient (Wildman–Crippen LogP) is 3.41. The number of likely N-dealkylation sites (N-methyl/N-ethyl adjacent to an activating group) is 1. The monoisotopic (exact) mass is 438 g/mol. The van der Waals surface area contributed by atoms with E-state index in [4.69, 9.17) is 0 Å². The van der Waals surface area contributed by atoms with Crippen molar-refractivity contribution in [2.45, 2.75) is 17.7 Å². The first-order chi connectivity index (χ1) is 15.1. The number of carbonyl (C=O) groups is 2. The summed E-state index contributed by atoms with van der Waals surface area (Å²) in [7, 11) is 2.15. The molecule has 2 heterocycles. The molecule has 0 spiro atoms. The molecule has 2 aliphatic heterocycles. The number of anilines is 2. The van der Waals surface area contributed by atoms with Crippen molar-refractivity contribution in [1.82, 2.24) is 9.80 Å². The van der Waals surface area contributed by atoms with Gasteiger partial charge in [0.25, 0.3) is 5.91 Å². The third-order valence-corrected chi connectivity index (χ3v) is 6.89. The fourth-order valence-electron chi connectivity index (χ4n) is 4.00. The molecule has 0 atom stereocenters. The van der Waals surface area contributed by atoms with Gasteiger partial charge in [-0.1, -0.05) is 18.2 Å². The molecule has 6 nitrogen and oxygen atoms in total. The summed E-state index contributed by atoms with van der Waals surface area (Å²) in [5.74, 6) is 0.889. The minimum Gasteiger partial charge on any atom is -0.326 e. The zero-order valence-electron chi connectivity index (χ0n) is 18.0. The average Bonchev–Trinajstić information content (AvgIpc) is 2.80. The van der Waals surface area contributed by atoms with Crippen LogP contribution in [0, 0.1) is 0 Å². The number of amides is 2. The van der Waals surface area contributed by atoms with Crippen LogP contribution in [0.5, 0.6) is 0 Å². The van der Waals surface area contributed by atoms with Crippen molar-refractivity contribution in [1.29, 1.82) is 0 Å². The summed E-state index contributed by atoms with van der Waals surface area (Å²) in [5.41, 5.74) is 2.30. The molecule has 0 aliphatic carbocycles. The Bertz CT molecular complexity index is 913. The Balaban J connectivity index is 1.36. The number of thioether (sulfide) groups is 1. The molecule has 4 rings (SSSR count). The van der Waals surface area contributed by atoms with Gasteiger partial charge in [0.15, 0.2) is 0 Å². The van der Waals surface area contributed by atoms with Gasteiger partial charge in [-0.05, 0) is 50.3 Å². The first-order valence-corrected chi connectivity index (χ1v) is 11.9. The number of benzene rings is 2. The molecule has 2 amide bonds. The second-order valence-electron chi connectivity index (χ2n) is 8.15. The fourth-order valence-corrected chi connectivity index (χ4v) is 4.98. The van der Waals surface area contributed by atoms with Crippen LogP contribution in [0.3, 0.4) is 0 Å². The van der Waals surface area contributed by atoms with Gasteiger partial charge >= 0.3 is 0 Å². The molecule has 0 aromatic heterocycles. The number of hydrogen-bond donors (Lipinski definition) is 1. The van der Waals surface area contributed by atoms with Crippen LogP contribution in [-0.4, -0.2) is 73.7 Å². The van der Waals surface area contributed by atoms with Crippen molar-refractivity contribution in [3.8, 4) is 0 Å². The van der Waals surface area contributed by atoms with E-state index in [0.29, 0.717) is 18.5 Å². The highest BCUT2D eigenvalue weighted by Crippen LogP contribution is 2.37. The van der Waals surface area contributed by atoms with Crippen molar-refractivity contribution in [3.05, 3.63) is 54.1 Å². The predicted molar refractivity (Wildman–Crippen MR) is 127 cm³/mol. The minimum absolute atomic E-state index is 0.00203. The van der Waals surface area contributed by atoms with Crippen molar-refractivity contribution in [3.63, 3.8) is 0 Å². The summed E-state index contributed by atoms with van der Waals surface area (Å²) in [6.07, 6.45) is 1.36. The van der Waals surface area contributed by atoms with Crippen LogP contribution in [0.2, 0.25) is 0 Å². The maximum Gasteiger partial charge on any atom is 0.258 e. The molecule has 1 fully saturated rings. The smallest absolute Gasteiger partial charge is 0.258 e. The van der Waals surface area contributed by atoms with E-state index >= 15 is 0 Å². The van der Waals surface area contributed by atoms with Crippen LogP contribution < -0.4 is 10.2 Å². The van der Waals surface area contributed by atoms with Crippen LogP contribution in [0.1, 0.15) is 23.2 Å². The Morgan fingerprint density at radius 1 is 1.00 bits per heavy atom. The van der Waals surface area contributed by atoms with E-state index in [-0.39, 0.29) is 11.8 Å². The van der Waals surface area contributed by atoms with Crippen LogP contribution in [-0.2, 0) is 4.79 Å². The SMILES string of the molecule is CN1CCN(CCCC(=O)Nc2ccc3c(c2)N(C(=O)c2ccccc2)CCS3)CC1. The molecule has 31 heavy (non-hydrogen) atoms. The first kappa shape index (κ1) is 21.9. The highest BCUT2D eigenvalue weighted by atomic mass is 32.2. The first-order valence-electron chi connectivity index (χ1n) is 10.9. The maximum absolute atomic E-state index is 13.0. The highest BCUT2D eigenvalue weighted by molar-refractivity contribution is 7.99. The van der Waals surface area contributed by atoms with Gasteiger partial charge in [0.2, 0.25) is 5.91 Å². The van der Waals surface area contributed by atoms with Gasteiger partial charge in [0.1, 0.15) is 0 Å². The maximum atomic E-state index is 13.0. The van der Waals surface area contributed by atoms with Crippen molar-refractivity contribution < 1.29 is 9.59 Å². The molecule has 2 aliphatic rings. The van der Waals surface area contributed by atoms with E-state index in [9.17, 15) is 9.59 Å². The number of carbonyl (C=O) groups excluding carboxylic acids is 2. The summed E-state index contributed by atoms with van der Waals surface area (Å²) in [5, 5.41) is 3.02. The summed E-state index contributed by atoms with van der Waals surface area (Å²) in [6.45, 7) is 5.96. The molecule has 2 aromatic carbocycles. The van der Waals surface area contributed by atoms with Gasteiger partial charge in [-0.15, -0.1) is 11.8 Å². The normalized spacial score (nSPS) is 17.3. The van der Waals surface area contributed by atoms with E-state index in [0.717, 1.165) is 61.2 Å². The number of nitrogens with zero attached hydrogens (tertiary/aromatic N) is 3. The lowest BCUT2D eigenvalue weighted by atomic mass is 10.1. The largest absolute Gasteiger partial charge is 0.326 e. The van der Waals surface area contributed by atoms with Gasteiger partial charge in [0.05, 0.1) is 5.69 Å². The summed E-state index contributed by atoms with van der Waals surface area (Å²) in [6, 6.07) is 15.2. The minimum atomic E-state index is -0.00203. The fraction of sp³-hybridized carbons (Fsp3) is 0.417. The number of fused-ring (bicyclic) bond motifs is 1. The molecular weight excluding hydrogens is 408 g/mol. The topological polar surface area (TPSA) is 55.9 Å². The quantitative estimate of drug-likeness (QED) is 0.749. The molecule has 0 unspecified atom stereocenters. The molecule has 2 aromatic rings. The standard InChI is InChI=1S/C24H30N4O2S/c1-26-12-14-27(15-13-26)11-5-8-23(29)25-20-9-10-22-21(18-20)28(16-17-31-22)24(30)19-6-3-2-4-7-19/h2-4,6-7,9-10,18H,5,8,11-17H2,1H3,(H,25,29). The second-order valence-corrected chi connectivity index (χ2v) is 9.29. The van der Waals surface area contributed by atoms with Gasteiger partial charge < -0.3 is 20.0 Å². The number of nitrogens with one attached hydrogen (secondary N) is 1. The second kappa shape index (κ2) is 10.3. The molecular formula is C24H30N4O2S. The van der Waals surface area contributed by atoms with E-state index in [1.54, 1.807) is 11.8 Å². The summed E-state index contributed by atoms with van der Waals surface area (Å²) >= 11 is 1.75. The molecule has 1 N–H and O–H groups in total. The van der Waals surface area contributed by atoms with Crippen molar-refractivity contribution in [2.75, 3.05) is 62.3 Å². The van der Waals surface area contributed by atoms with Crippen LogP contribution in [0.4, 0.5) is 11.4 Å². The number of piperazine rings is 1. The number of rotatable bonds is 6. The zero-order valence-corrected chi connectivity index (χ0v) is 18.9. The molecule has 164 valence electrons. The average molecular weight is 439 g/mol. The molecule has 0 saturated carbocycles. The van der Waals surface area contributed by atoms with E-state index < -0.39 is 0 Å². The van der Waals surface area contributed by atoms with Crippen LogP contribution in [0.15, 0.2) is 53.4 Å². The molecule has 7 heteroatoms. The Kier molecular flexibility index (Phi) is 7.27. The molecule has 1 saturated heterocycles. The third-order valence-electron chi connectivity index (χ3n) is 5.85. The van der Waals surface area contributed by atoms with Crippen LogP contribution in [0.25, 0.3) is 0 Å². The van der Waals surface area contributed by atoms with Crippen molar-refractivity contribution >= 4 is 35.0 Å². The van der Waals surface area contributed by atoms with Gasteiger partial charge in [-0.25, -0.2) is 0 Å². The van der Waals surface area contributed by atoms with Crippen LogP contribution >= 0.6 is 11.8 Å². The Labute approximate surface area is 188 Å². The lowest BCUT2D eigenvalue weighted by Crippen LogP contribution is -2.44. The zero-order chi connectivity index (χ0) is 21.6. The summed E-state index contributed by atoms with van der Waals surface area (Å²) < 4.78 is 0. The van der Waals surface area contributed by atoms with Gasteiger partial charge in [-0.2, -0.15) is 0 Å². The Hall–Kier alpha value is -2.35.